The van der Waals surface area contributed by atoms with Gasteiger partial charge < -0.3 is 20.3 Å². The second kappa shape index (κ2) is 8.05. The van der Waals surface area contributed by atoms with E-state index in [2.05, 4.69) is 5.32 Å². The largest absolute Gasteiger partial charge is 0.507 e. The van der Waals surface area contributed by atoms with Gasteiger partial charge in [-0.25, -0.2) is 4.79 Å². The van der Waals surface area contributed by atoms with Gasteiger partial charge in [0.2, 0.25) is 0 Å². The number of methoxy groups -OCH3 is 1. The molecular weight excluding hydrogens is 377 g/mol. The highest BCUT2D eigenvalue weighted by Crippen LogP contribution is 2.19. The van der Waals surface area contributed by atoms with E-state index in [1.54, 1.807) is 6.07 Å². The molecule has 3 N–H and O–H groups in total. The molecule has 0 spiro atoms. The summed E-state index contributed by atoms with van der Waals surface area (Å²) < 4.78 is 5.62. The van der Waals surface area contributed by atoms with Gasteiger partial charge >= 0.3 is 5.97 Å². The third-order valence-corrected chi connectivity index (χ3v) is 3.32. The fourth-order valence-corrected chi connectivity index (χ4v) is 2.11. The van der Waals surface area contributed by atoms with Crippen LogP contribution in [0.3, 0.4) is 0 Å². The standard InChI is InChI=1S/C13H16INO5/c1-20-6-2-3-10(13(18)19)15-12(17)9-7-8(14)4-5-11(9)16/h4-5,7,10,16H,2-3,6H2,1H3,(H,15,17)(H,18,19). The molecule has 0 aliphatic heterocycles. The highest BCUT2D eigenvalue weighted by Gasteiger charge is 2.21. The number of rotatable bonds is 7. The molecule has 6 nitrogen and oxygen atoms in total. The topological polar surface area (TPSA) is 95.9 Å². The molecule has 20 heavy (non-hydrogen) atoms. The number of nitrogens with one attached hydrogen (secondary N) is 1. The SMILES string of the molecule is COCCCC(NC(=O)c1cc(I)ccc1O)C(=O)O. The Kier molecular flexibility index (Phi) is 6.73. The lowest BCUT2D eigenvalue weighted by Crippen LogP contribution is -2.41. The molecule has 7 heteroatoms. The van der Waals surface area contributed by atoms with Gasteiger partial charge in [-0.05, 0) is 53.6 Å². The minimum Gasteiger partial charge on any atom is -0.507 e. The van der Waals surface area contributed by atoms with E-state index < -0.39 is 17.9 Å². The van der Waals surface area contributed by atoms with Crippen LogP contribution in [0.4, 0.5) is 0 Å². The number of carbonyl (C=O) groups is 2. The minimum absolute atomic E-state index is 0.0647. The lowest BCUT2D eigenvalue weighted by molar-refractivity contribution is -0.139. The van der Waals surface area contributed by atoms with Crippen LogP contribution in [-0.2, 0) is 9.53 Å². The summed E-state index contributed by atoms with van der Waals surface area (Å²) in [5, 5.41) is 21.1. The molecule has 0 saturated heterocycles. The third kappa shape index (κ3) is 4.97. The molecule has 0 saturated carbocycles. The number of halogens is 1. The van der Waals surface area contributed by atoms with E-state index in [4.69, 9.17) is 9.84 Å². The zero-order chi connectivity index (χ0) is 15.1. The molecule has 0 fully saturated rings. The first kappa shape index (κ1) is 16.7. The lowest BCUT2D eigenvalue weighted by Gasteiger charge is -2.15. The zero-order valence-corrected chi connectivity index (χ0v) is 13.1. The molecule has 1 unspecified atom stereocenters. The monoisotopic (exact) mass is 393 g/mol. The maximum Gasteiger partial charge on any atom is 0.326 e. The maximum atomic E-state index is 12.0. The Bertz CT molecular complexity index is 492. The second-order valence-electron chi connectivity index (χ2n) is 4.16. The number of benzene rings is 1. The van der Waals surface area contributed by atoms with Crippen LogP contribution in [0.1, 0.15) is 23.2 Å². The predicted octanol–water partition coefficient (Wildman–Crippen LogP) is 1.61. The summed E-state index contributed by atoms with van der Waals surface area (Å²) in [7, 11) is 1.53. The minimum atomic E-state index is -1.11. The quantitative estimate of drug-likeness (QED) is 0.483. The Balaban J connectivity index is 2.75. The number of aromatic hydroxyl groups is 1. The molecule has 0 aromatic heterocycles. The number of hydrogen-bond donors (Lipinski definition) is 3. The van der Waals surface area contributed by atoms with Crippen molar-refractivity contribution in [3.05, 3.63) is 27.3 Å². The van der Waals surface area contributed by atoms with Crippen LogP contribution in [0, 0.1) is 3.57 Å². The van der Waals surface area contributed by atoms with E-state index in [1.165, 1.54) is 19.2 Å². The number of phenolic OH excluding ortho intramolecular Hbond substituents is 1. The van der Waals surface area contributed by atoms with Gasteiger partial charge in [-0.1, -0.05) is 0 Å². The molecule has 0 heterocycles. The summed E-state index contributed by atoms with van der Waals surface area (Å²) in [6, 6.07) is 3.55. The Hall–Kier alpha value is -1.35. The number of carboxylic acids is 1. The van der Waals surface area contributed by atoms with Gasteiger partial charge in [-0.3, -0.25) is 4.79 Å². The van der Waals surface area contributed by atoms with E-state index in [1.807, 2.05) is 22.6 Å². The molecule has 1 rings (SSSR count). The molecule has 1 atom stereocenters. The zero-order valence-electron chi connectivity index (χ0n) is 10.9. The first-order valence-corrected chi connectivity index (χ1v) is 7.04. The van der Waals surface area contributed by atoms with Gasteiger partial charge in [0.15, 0.2) is 0 Å². The van der Waals surface area contributed by atoms with Crippen LogP contribution >= 0.6 is 22.6 Å². The summed E-state index contributed by atoms with van der Waals surface area (Å²) in [5.41, 5.74) is 0.0647. The van der Waals surface area contributed by atoms with Crippen molar-refractivity contribution in [2.75, 3.05) is 13.7 Å². The molecule has 1 amide bonds. The highest BCUT2D eigenvalue weighted by molar-refractivity contribution is 14.1. The average molecular weight is 393 g/mol. The summed E-state index contributed by atoms with van der Waals surface area (Å²) in [6.07, 6.45) is 0.783. The van der Waals surface area contributed by atoms with Gasteiger partial charge in [0.1, 0.15) is 11.8 Å². The number of aliphatic carboxylic acids is 1. The maximum absolute atomic E-state index is 12.0. The van der Waals surface area contributed by atoms with Crippen molar-refractivity contribution < 1.29 is 24.5 Å². The van der Waals surface area contributed by atoms with E-state index in [9.17, 15) is 14.7 Å². The number of amides is 1. The van der Waals surface area contributed by atoms with Crippen molar-refractivity contribution in [3.8, 4) is 5.75 Å². The summed E-state index contributed by atoms with van der Waals surface area (Å²) >= 11 is 2.01. The van der Waals surface area contributed by atoms with Crippen molar-refractivity contribution in [2.45, 2.75) is 18.9 Å². The molecular formula is C13H16INO5. The van der Waals surface area contributed by atoms with Crippen LogP contribution in [0.25, 0.3) is 0 Å². The first-order valence-electron chi connectivity index (χ1n) is 5.96. The van der Waals surface area contributed by atoms with Crippen molar-refractivity contribution >= 4 is 34.5 Å². The molecule has 110 valence electrons. The van der Waals surface area contributed by atoms with E-state index in [0.717, 1.165) is 3.57 Å². The molecule has 0 radical (unpaired) electrons. The van der Waals surface area contributed by atoms with Gasteiger partial charge in [0.05, 0.1) is 5.56 Å². The van der Waals surface area contributed by atoms with Crippen LogP contribution in [-0.4, -0.2) is 41.8 Å². The van der Waals surface area contributed by atoms with E-state index >= 15 is 0 Å². The molecule has 0 bridgehead atoms. The van der Waals surface area contributed by atoms with Crippen LogP contribution in [0.5, 0.6) is 5.75 Å². The number of carbonyl (C=O) groups excluding carboxylic acids is 1. The van der Waals surface area contributed by atoms with Gasteiger partial charge in [-0.2, -0.15) is 0 Å². The second-order valence-corrected chi connectivity index (χ2v) is 5.41. The number of phenols is 1. The van der Waals surface area contributed by atoms with Crippen molar-refractivity contribution in [1.82, 2.24) is 5.32 Å². The Morgan fingerprint density at radius 2 is 2.15 bits per heavy atom. The Morgan fingerprint density at radius 1 is 1.45 bits per heavy atom. The van der Waals surface area contributed by atoms with Gasteiger partial charge in [0, 0.05) is 17.3 Å². The highest BCUT2D eigenvalue weighted by atomic mass is 127. The molecule has 1 aromatic carbocycles. The first-order chi connectivity index (χ1) is 9.45. The molecule has 0 aliphatic carbocycles. The average Bonchev–Trinajstić information content (AvgIpc) is 2.40. The Labute approximate surface area is 130 Å². The lowest BCUT2D eigenvalue weighted by atomic mass is 10.1. The van der Waals surface area contributed by atoms with E-state index in [-0.39, 0.29) is 17.7 Å². The fourth-order valence-electron chi connectivity index (χ4n) is 1.62. The number of ether oxygens (including phenoxy) is 1. The summed E-state index contributed by atoms with van der Waals surface area (Å²) in [4.78, 5) is 23.1. The predicted molar refractivity (Wildman–Crippen MR) is 80.8 cm³/mol. The van der Waals surface area contributed by atoms with Crippen LogP contribution in [0.2, 0.25) is 0 Å². The third-order valence-electron chi connectivity index (χ3n) is 2.65. The summed E-state index contributed by atoms with van der Waals surface area (Å²) in [6.45, 7) is 0.425. The number of carboxylic acid groups (broad SMARTS) is 1. The molecule has 1 aromatic rings. The Morgan fingerprint density at radius 3 is 2.75 bits per heavy atom. The number of hydrogen-bond acceptors (Lipinski definition) is 4. The normalized spacial score (nSPS) is 11.9. The van der Waals surface area contributed by atoms with E-state index in [0.29, 0.717) is 13.0 Å². The van der Waals surface area contributed by atoms with Crippen molar-refractivity contribution in [3.63, 3.8) is 0 Å². The van der Waals surface area contributed by atoms with Crippen LogP contribution < -0.4 is 5.32 Å². The molecule has 0 aliphatic rings. The smallest absolute Gasteiger partial charge is 0.326 e. The van der Waals surface area contributed by atoms with Crippen LogP contribution in [0.15, 0.2) is 18.2 Å². The van der Waals surface area contributed by atoms with Crippen molar-refractivity contribution in [2.24, 2.45) is 0 Å². The van der Waals surface area contributed by atoms with Gasteiger partial charge in [0.25, 0.3) is 5.91 Å². The van der Waals surface area contributed by atoms with Gasteiger partial charge in [-0.15, -0.1) is 0 Å². The van der Waals surface area contributed by atoms with Crippen molar-refractivity contribution in [1.29, 1.82) is 0 Å². The fraction of sp³-hybridized carbons (Fsp3) is 0.385. The summed E-state index contributed by atoms with van der Waals surface area (Å²) in [5.74, 6) is -1.89.